The number of rotatable bonds is 3. The van der Waals surface area contributed by atoms with E-state index in [1.54, 1.807) is 0 Å². The lowest BCUT2D eigenvalue weighted by Crippen LogP contribution is -2.42. The second-order valence-electron chi connectivity index (χ2n) is 6.51. The van der Waals surface area contributed by atoms with Crippen LogP contribution < -0.4 is 10.2 Å². The number of benzene rings is 1. The van der Waals surface area contributed by atoms with Gasteiger partial charge in [0.15, 0.2) is 0 Å². The fourth-order valence-electron chi connectivity index (χ4n) is 3.69. The van der Waals surface area contributed by atoms with Crippen LogP contribution in [-0.2, 0) is 11.2 Å². The smallest absolute Gasteiger partial charge is 0.227 e. The summed E-state index contributed by atoms with van der Waals surface area (Å²) in [5.74, 6) is 1.04. The molecular weight excluding hydrogens is 260 g/mol. The molecule has 0 radical (unpaired) electrons. The summed E-state index contributed by atoms with van der Waals surface area (Å²) >= 11 is 0. The number of piperidine rings is 1. The van der Waals surface area contributed by atoms with Crippen molar-refractivity contribution in [2.75, 3.05) is 18.0 Å². The maximum Gasteiger partial charge on any atom is 0.227 e. The summed E-state index contributed by atoms with van der Waals surface area (Å²) in [6.07, 6.45) is 6.36. The topological polar surface area (TPSA) is 32.3 Å². The van der Waals surface area contributed by atoms with Gasteiger partial charge in [-0.15, -0.1) is 0 Å². The Bertz CT molecular complexity index is 494. The normalized spacial score (nSPS) is 22.9. The molecule has 0 spiro atoms. The molecule has 0 aliphatic carbocycles. The van der Waals surface area contributed by atoms with Crippen molar-refractivity contribution < 1.29 is 4.79 Å². The summed E-state index contributed by atoms with van der Waals surface area (Å²) in [6.45, 7) is 4.40. The largest absolute Gasteiger partial charge is 0.317 e. The van der Waals surface area contributed by atoms with Gasteiger partial charge in [-0.2, -0.15) is 0 Å². The minimum atomic E-state index is 0.313. The number of carbonyl (C=O) groups is 1. The number of hydrogen-bond acceptors (Lipinski definition) is 2. The van der Waals surface area contributed by atoms with Crippen molar-refractivity contribution in [3.05, 3.63) is 29.8 Å². The van der Waals surface area contributed by atoms with Crippen molar-refractivity contribution in [3.8, 4) is 0 Å². The average Bonchev–Trinajstić information content (AvgIpc) is 2.53. The lowest BCUT2D eigenvalue weighted by molar-refractivity contribution is -0.119. The van der Waals surface area contributed by atoms with Crippen LogP contribution in [0.15, 0.2) is 24.3 Å². The number of nitrogens with one attached hydrogen (secondary N) is 1. The highest BCUT2D eigenvalue weighted by molar-refractivity contribution is 5.95. The maximum atomic E-state index is 12.7. The second kappa shape index (κ2) is 6.61. The fraction of sp³-hybridized carbons (Fsp3) is 0.611. The van der Waals surface area contributed by atoms with E-state index in [0.29, 0.717) is 18.4 Å². The number of hydrogen-bond donors (Lipinski definition) is 1. The highest BCUT2D eigenvalue weighted by Gasteiger charge is 2.28. The molecule has 1 unspecified atom stereocenters. The fourth-order valence-corrected chi connectivity index (χ4v) is 3.69. The highest BCUT2D eigenvalue weighted by Crippen LogP contribution is 2.31. The van der Waals surface area contributed by atoms with Gasteiger partial charge in [-0.05, 0) is 69.7 Å². The summed E-state index contributed by atoms with van der Waals surface area (Å²) in [5, 5.41) is 3.39. The van der Waals surface area contributed by atoms with Gasteiger partial charge in [0.25, 0.3) is 0 Å². The number of para-hydroxylation sites is 1. The van der Waals surface area contributed by atoms with Crippen LogP contribution in [-0.4, -0.2) is 25.0 Å². The van der Waals surface area contributed by atoms with E-state index in [-0.39, 0.29) is 0 Å². The summed E-state index contributed by atoms with van der Waals surface area (Å²) in [5.41, 5.74) is 2.47. The Morgan fingerprint density at radius 1 is 1.24 bits per heavy atom. The van der Waals surface area contributed by atoms with E-state index in [1.165, 1.54) is 18.4 Å². The van der Waals surface area contributed by atoms with Crippen molar-refractivity contribution in [3.63, 3.8) is 0 Å². The molecule has 2 aliphatic rings. The highest BCUT2D eigenvalue weighted by atomic mass is 16.2. The number of amides is 1. The molecule has 0 aromatic heterocycles. The first-order chi connectivity index (χ1) is 10.3. The van der Waals surface area contributed by atoms with Crippen LogP contribution in [0.2, 0.25) is 0 Å². The Labute approximate surface area is 127 Å². The third-order valence-corrected chi connectivity index (χ3v) is 5.02. The van der Waals surface area contributed by atoms with Crippen LogP contribution >= 0.6 is 0 Å². The Morgan fingerprint density at radius 3 is 2.81 bits per heavy atom. The molecule has 1 atom stereocenters. The van der Waals surface area contributed by atoms with Crippen LogP contribution in [0.25, 0.3) is 0 Å². The molecule has 2 heterocycles. The van der Waals surface area contributed by atoms with Crippen molar-refractivity contribution in [2.45, 2.75) is 51.5 Å². The van der Waals surface area contributed by atoms with Gasteiger partial charge in [0.1, 0.15) is 0 Å². The predicted molar refractivity (Wildman–Crippen MR) is 86.5 cm³/mol. The first kappa shape index (κ1) is 14.6. The van der Waals surface area contributed by atoms with Gasteiger partial charge in [-0.3, -0.25) is 4.79 Å². The molecule has 21 heavy (non-hydrogen) atoms. The lowest BCUT2D eigenvalue weighted by atomic mass is 9.92. The minimum absolute atomic E-state index is 0.313. The standard InChI is InChI=1S/C18H26N2O/c1-14-6-8-16-4-2-3-5-17(16)20(14)18(21)9-7-15-10-12-19-13-11-15/h2-5,14-15,19H,6-13H2,1H3. The Morgan fingerprint density at radius 2 is 2.00 bits per heavy atom. The van der Waals surface area contributed by atoms with Crippen LogP contribution in [0.5, 0.6) is 0 Å². The van der Waals surface area contributed by atoms with Crippen molar-refractivity contribution >= 4 is 11.6 Å². The summed E-state index contributed by atoms with van der Waals surface area (Å²) in [4.78, 5) is 14.8. The van der Waals surface area contributed by atoms with Crippen LogP contribution in [0, 0.1) is 5.92 Å². The third kappa shape index (κ3) is 3.29. The summed E-state index contributed by atoms with van der Waals surface area (Å²) < 4.78 is 0. The van der Waals surface area contributed by atoms with Gasteiger partial charge >= 0.3 is 0 Å². The first-order valence-corrected chi connectivity index (χ1v) is 8.36. The molecule has 3 heteroatoms. The molecule has 1 aromatic carbocycles. The van der Waals surface area contributed by atoms with Crippen molar-refractivity contribution in [1.82, 2.24) is 5.32 Å². The van der Waals surface area contributed by atoms with Gasteiger partial charge < -0.3 is 10.2 Å². The van der Waals surface area contributed by atoms with E-state index in [9.17, 15) is 4.79 Å². The zero-order valence-corrected chi connectivity index (χ0v) is 13.0. The second-order valence-corrected chi connectivity index (χ2v) is 6.51. The van der Waals surface area contributed by atoms with E-state index < -0.39 is 0 Å². The van der Waals surface area contributed by atoms with Crippen LogP contribution in [0.4, 0.5) is 5.69 Å². The zero-order valence-electron chi connectivity index (χ0n) is 13.0. The molecule has 1 N–H and O–H groups in total. The molecule has 3 nitrogen and oxygen atoms in total. The number of fused-ring (bicyclic) bond motifs is 1. The first-order valence-electron chi connectivity index (χ1n) is 8.36. The van der Waals surface area contributed by atoms with Gasteiger partial charge in [-0.25, -0.2) is 0 Å². The molecule has 0 saturated carbocycles. The summed E-state index contributed by atoms with van der Waals surface area (Å²) in [6, 6.07) is 8.72. The Kier molecular flexibility index (Phi) is 4.59. The van der Waals surface area contributed by atoms with Crippen molar-refractivity contribution in [2.24, 2.45) is 5.92 Å². The molecule has 1 fully saturated rings. The van der Waals surface area contributed by atoms with Gasteiger partial charge in [0, 0.05) is 18.2 Å². The van der Waals surface area contributed by atoms with Crippen molar-refractivity contribution in [1.29, 1.82) is 0 Å². The van der Waals surface area contributed by atoms with E-state index in [0.717, 1.165) is 44.0 Å². The number of carbonyl (C=O) groups excluding carboxylic acids is 1. The van der Waals surface area contributed by atoms with Crippen LogP contribution in [0.1, 0.15) is 44.6 Å². The average molecular weight is 286 g/mol. The van der Waals surface area contributed by atoms with E-state index in [1.807, 2.05) is 6.07 Å². The third-order valence-electron chi connectivity index (χ3n) is 5.02. The quantitative estimate of drug-likeness (QED) is 0.926. The number of nitrogens with zero attached hydrogens (tertiary/aromatic N) is 1. The molecule has 1 amide bonds. The molecule has 0 bridgehead atoms. The monoisotopic (exact) mass is 286 g/mol. The van der Waals surface area contributed by atoms with Gasteiger partial charge in [0.2, 0.25) is 5.91 Å². The van der Waals surface area contributed by atoms with E-state index in [4.69, 9.17) is 0 Å². The molecule has 3 rings (SSSR count). The number of anilines is 1. The van der Waals surface area contributed by atoms with Crippen LogP contribution in [0.3, 0.4) is 0 Å². The Balaban J connectivity index is 1.66. The Hall–Kier alpha value is -1.35. The van der Waals surface area contributed by atoms with E-state index >= 15 is 0 Å². The SMILES string of the molecule is CC1CCc2ccccc2N1C(=O)CCC1CCNCC1. The molecular formula is C18H26N2O. The molecule has 2 aliphatic heterocycles. The molecule has 1 saturated heterocycles. The molecule has 1 aromatic rings. The van der Waals surface area contributed by atoms with E-state index in [2.05, 4.69) is 35.3 Å². The zero-order chi connectivity index (χ0) is 14.7. The number of aryl methyl sites for hydroxylation is 1. The van der Waals surface area contributed by atoms with Gasteiger partial charge in [-0.1, -0.05) is 18.2 Å². The maximum absolute atomic E-state index is 12.7. The van der Waals surface area contributed by atoms with Gasteiger partial charge in [0.05, 0.1) is 0 Å². The predicted octanol–water partition coefficient (Wildman–Crippen LogP) is 3.13. The lowest BCUT2D eigenvalue weighted by Gasteiger charge is -2.36. The summed E-state index contributed by atoms with van der Waals surface area (Å²) in [7, 11) is 0. The minimum Gasteiger partial charge on any atom is -0.317 e. The molecule has 114 valence electrons.